The van der Waals surface area contributed by atoms with Crippen LogP contribution in [0, 0.1) is 18.7 Å². The number of alkyl halides is 3. The van der Waals surface area contributed by atoms with Crippen molar-refractivity contribution in [1.29, 1.82) is 0 Å². The minimum absolute atomic E-state index is 0.0514. The Morgan fingerprint density at radius 2 is 1.88 bits per heavy atom. The van der Waals surface area contributed by atoms with Crippen LogP contribution in [0.4, 0.5) is 22.4 Å². The van der Waals surface area contributed by atoms with E-state index in [1.165, 1.54) is 35.0 Å². The lowest BCUT2D eigenvalue weighted by atomic mass is 9.78. The first-order chi connectivity index (χ1) is 15.8. The predicted octanol–water partition coefficient (Wildman–Crippen LogP) is 6.11. The third-order valence-corrected chi connectivity index (χ3v) is 6.71. The second-order valence-corrected chi connectivity index (χ2v) is 9.06. The Hall–Kier alpha value is -2.81. The fourth-order valence-electron chi connectivity index (χ4n) is 4.48. The van der Waals surface area contributed by atoms with Gasteiger partial charge < -0.3 is 14.9 Å². The Morgan fingerprint density at radius 3 is 2.47 bits per heavy atom. The van der Waals surface area contributed by atoms with Crippen LogP contribution in [0.3, 0.4) is 0 Å². The predicted molar refractivity (Wildman–Crippen MR) is 119 cm³/mol. The van der Waals surface area contributed by atoms with Gasteiger partial charge in [0, 0.05) is 37.0 Å². The number of aryl methyl sites for hydroxylation is 1. The summed E-state index contributed by atoms with van der Waals surface area (Å²) in [5, 5.41) is 9.38. The van der Waals surface area contributed by atoms with Crippen LogP contribution in [-0.2, 0) is 11.0 Å². The molecule has 2 aromatic carbocycles. The van der Waals surface area contributed by atoms with Crippen LogP contribution in [0.25, 0.3) is 0 Å². The number of rotatable bonds is 4. The molecule has 3 rings (SSSR count). The molecule has 3 atom stereocenters. The summed E-state index contributed by atoms with van der Waals surface area (Å²) in [6.07, 6.45) is -5.47. The molecule has 0 aromatic heterocycles. The standard InChI is InChI=1S/C24H25ClF4N2O3/c1-13-8-18(26)4-5-19(13)21-12-31(23(33)34)7-6-20(21)22(32)30(3)14(2)15-9-16(24(27,28)29)11-17(25)10-15/h4-5,8-11,14,20-21H,6-7,12H2,1-3H3,(H,33,34)/t14?,20-,21+/m1/s1. The minimum atomic E-state index is -4.59. The fourth-order valence-corrected chi connectivity index (χ4v) is 4.73. The zero-order valence-corrected chi connectivity index (χ0v) is 19.6. The molecule has 184 valence electrons. The summed E-state index contributed by atoms with van der Waals surface area (Å²) in [7, 11) is 1.50. The van der Waals surface area contributed by atoms with Gasteiger partial charge in [-0.3, -0.25) is 4.79 Å². The molecular weight excluding hydrogens is 476 g/mol. The maximum Gasteiger partial charge on any atom is 0.416 e. The highest BCUT2D eigenvalue weighted by Crippen LogP contribution is 2.38. The van der Waals surface area contributed by atoms with Gasteiger partial charge in [-0.1, -0.05) is 17.7 Å². The molecule has 0 bridgehead atoms. The number of carbonyl (C=O) groups excluding carboxylic acids is 1. The number of benzene rings is 2. The van der Waals surface area contributed by atoms with E-state index in [4.69, 9.17) is 11.6 Å². The lowest BCUT2D eigenvalue weighted by molar-refractivity contribution is -0.138. The van der Waals surface area contributed by atoms with Crippen molar-refractivity contribution in [1.82, 2.24) is 9.80 Å². The molecule has 0 aliphatic carbocycles. The molecule has 5 nitrogen and oxygen atoms in total. The van der Waals surface area contributed by atoms with Crippen LogP contribution in [0.1, 0.15) is 47.6 Å². The summed E-state index contributed by atoms with van der Waals surface area (Å²) in [4.78, 5) is 27.7. The number of piperidine rings is 1. The van der Waals surface area contributed by atoms with E-state index in [1.54, 1.807) is 19.9 Å². The van der Waals surface area contributed by atoms with Crippen molar-refractivity contribution >= 4 is 23.6 Å². The van der Waals surface area contributed by atoms with Gasteiger partial charge in [-0.15, -0.1) is 0 Å². The summed E-state index contributed by atoms with van der Waals surface area (Å²) in [6, 6.07) is 6.61. The van der Waals surface area contributed by atoms with Gasteiger partial charge in [0.15, 0.2) is 0 Å². The van der Waals surface area contributed by atoms with E-state index in [0.717, 1.165) is 12.1 Å². The largest absolute Gasteiger partial charge is 0.465 e. The van der Waals surface area contributed by atoms with E-state index in [2.05, 4.69) is 0 Å². The minimum Gasteiger partial charge on any atom is -0.465 e. The van der Waals surface area contributed by atoms with Crippen LogP contribution in [0.5, 0.6) is 0 Å². The quantitative estimate of drug-likeness (QED) is 0.515. The van der Waals surface area contributed by atoms with Crippen molar-refractivity contribution in [2.45, 2.75) is 38.4 Å². The highest BCUT2D eigenvalue weighted by atomic mass is 35.5. The lowest BCUT2D eigenvalue weighted by Gasteiger charge is -2.40. The van der Waals surface area contributed by atoms with Gasteiger partial charge in [0.2, 0.25) is 5.91 Å². The summed E-state index contributed by atoms with van der Waals surface area (Å²) >= 11 is 5.92. The molecule has 1 N–H and O–H groups in total. The zero-order chi connectivity index (χ0) is 25.4. The Morgan fingerprint density at radius 1 is 1.21 bits per heavy atom. The third kappa shape index (κ3) is 5.46. The molecule has 2 amide bonds. The Kier molecular flexibility index (Phi) is 7.45. The average molecular weight is 501 g/mol. The highest BCUT2D eigenvalue weighted by Gasteiger charge is 2.40. The molecule has 0 saturated carbocycles. The van der Waals surface area contributed by atoms with Gasteiger partial charge in [0.25, 0.3) is 0 Å². The van der Waals surface area contributed by atoms with Gasteiger partial charge in [-0.25, -0.2) is 9.18 Å². The van der Waals surface area contributed by atoms with E-state index in [1.807, 2.05) is 0 Å². The monoisotopic (exact) mass is 500 g/mol. The van der Waals surface area contributed by atoms with Crippen LogP contribution >= 0.6 is 11.6 Å². The summed E-state index contributed by atoms with van der Waals surface area (Å²) in [6.45, 7) is 3.49. The highest BCUT2D eigenvalue weighted by molar-refractivity contribution is 6.30. The molecule has 1 aliphatic heterocycles. The zero-order valence-electron chi connectivity index (χ0n) is 18.9. The van der Waals surface area contributed by atoms with E-state index in [0.29, 0.717) is 11.1 Å². The van der Waals surface area contributed by atoms with Crippen LogP contribution in [0.15, 0.2) is 36.4 Å². The van der Waals surface area contributed by atoms with Crippen LogP contribution in [-0.4, -0.2) is 47.0 Å². The molecular formula is C24H25ClF4N2O3. The molecule has 2 aromatic rings. The first kappa shape index (κ1) is 25.8. The molecule has 1 saturated heterocycles. The number of halogens is 5. The summed E-state index contributed by atoms with van der Waals surface area (Å²) in [5.41, 5.74) is 0.578. The molecule has 1 aliphatic rings. The SMILES string of the molecule is Cc1cc(F)ccc1[C@@H]1CN(C(=O)O)CC[C@H]1C(=O)N(C)C(C)c1cc(Cl)cc(C(F)(F)F)c1. The van der Waals surface area contributed by atoms with Gasteiger partial charge >= 0.3 is 12.3 Å². The lowest BCUT2D eigenvalue weighted by Crippen LogP contribution is -2.48. The number of hydrogen-bond acceptors (Lipinski definition) is 2. The molecule has 1 fully saturated rings. The number of nitrogens with zero attached hydrogens (tertiary/aromatic N) is 2. The molecule has 0 radical (unpaired) electrons. The third-order valence-electron chi connectivity index (χ3n) is 6.49. The first-order valence-electron chi connectivity index (χ1n) is 10.7. The number of amides is 2. The van der Waals surface area contributed by atoms with Crippen molar-refractivity contribution < 1.29 is 32.3 Å². The maximum absolute atomic E-state index is 13.7. The van der Waals surface area contributed by atoms with Crippen molar-refractivity contribution in [2.24, 2.45) is 5.92 Å². The van der Waals surface area contributed by atoms with E-state index < -0.39 is 41.5 Å². The summed E-state index contributed by atoms with van der Waals surface area (Å²) in [5.74, 6) is -1.94. The van der Waals surface area contributed by atoms with Crippen molar-refractivity contribution in [3.63, 3.8) is 0 Å². The van der Waals surface area contributed by atoms with Crippen LogP contribution in [0.2, 0.25) is 5.02 Å². The second-order valence-electron chi connectivity index (χ2n) is 8.63. The average Bonchev–Trinajstić information content (AvgIpc) is 2.76. The maximum atomic E-state index is 13.7. The van der Waals surface area contributed by atoms with E-state index >= 15 is 0 Å². The number of carboxylic acid groups (broad SMARTS) is 1. The van der Waals surface area contributed by atoms with Crippen molar-refractivity contribution in [2.75, 3.05) is 20.1 Å². The topological polar surface area (TPSA) is 60.9 Å². The number of carbonyl (C=O) groups is 2. The van der Waals surface area contributed by atoms with Gasteiger partial charge in [-0.05, 0) is 67.3 Å². The smallest absolute Gasteiger partial charge is 0.416 e. The van der Waals surface area contributed by atoms with Crippen molar-refractivity contribution in [3.05, 3.63) is 69.5 Å². The van der Waals surface area contributed by atoms with Crippen molar-refractivity contribution in [3.8, 4) is 0 Å². The number of hydrogen-bond donors (Lipinski definition) is 1. The molecule has 10 heteroatoms. The number of likely N-dealkylation sites (tertiary alicyclic amines) is 1. The van der Waals surface area contributed by atoms with E-state index in [-0.39, 0.29) is 36.0 Å². The van der Waals surface area contributed by atoms with Gasteiger partial charge in [-0.2, -0.15) is 13.2 Å². The van der Waals surface area contributed by atoms with Crippen LogP contribution < -0.4 is 0 Å². The van der Waals surface area contributed by atoms with E-state index in [9.17, 15) is 32.3 Å². The first-order valence-corrected chi connectivity index (χ1v) is 11.1. The normalized spacial score (nSPS) is 19.6. The summed E-state index contributed by atoms with van der Waals surface area (Å²) < 4.78 is 53.4. The molecule has 34 heavy (non-hydrogen) atoms. The second kappa shape index (κ2) is 9.82. The Bertz CT molecular complexity index is 1090. The molecule has 1 unspecified atom stereocenters. The van der Waals surface area contributed by atoms with Gasteiger partial charge in [0.05, 0.1) is 11.6 Å². The fraction of sp³-hybridized carbons (Fsp3) is 0.417. The van der Waals surface area contributed by atoms with Gasteiger partial charge in [0.1, 0.15) is 5.82 Å². The molecule has 1 heterocycles. The Balaban J connectivity index is 1.93. The Labute approximate surface area is 199 Å². The molecule has 0 spiro atoms.